The minimum atomic E-state index is -0.992. The van der Waals surface area contributed by atoms with Gasteiger partial charge in [0, 0.05) is 19.1 Å². The van der Waals surface area contributed by atoms with Crippen molar-refractivity contribution < 1.29 is 14.6 Å². The first-order chi connectivity index (χ1) is 13.9. The average molecular weight is 421 g/mol. The first-order valence-electron chi connectivity index (χ1n) is 10.7. The summed E-state index contributed by atoms with van der Waals surface area (Å²) in [6.07, 6.45) is 9.31. The van der Waals surface area contributed by atoms with Crippen LogP contribution in [0.3, 0.4) is 0 Å². The molecule has 6 rings (SSSR count). The van der Waals surface area contributed by atoms with Crippen molar-refractivity contribution in [1.29, 1.82) is 0 Å². The summed E-state index contributed by atoms with van der Waals surface area (Å²) in [4.78, 5) is 24.6. The van der Waals surface area contributed by atoms with Gasteiger partial charge in [0.2, 0.25) is 0 Å². The molecule has 7 nitrogen and oxygen atoms in total. The van der Waals surface area contributed by atoms with Gasteiger partial charge in [0.15, 0.2) is 0 Å². The Hall–Kier alpha value is -1.60. The lowest BCUT2D eigenvalue weighted by Crippen LogP contribution is -2.60. The number of ether oxygens (including phenoxy) is 1. The molecule has 0 radical (unpaired) electrons. The summed E-state index contributed by atoms with van der Waals surface area (Å²) in [6, 6.07) is 0. The van der Waals surface area contributed by atoms with Gasteiger partial charge >= 0.3 is 0 Å². The van der Waals surface area contributed by atoms with Crippen LogP contribution in [0.25, 0.3) is 0 Å². The van der Waals surface area contributed by atoms with Gasteiger partial charge in [-0.1, -0.05) is 11.6 Å². The number of nitrogens with one attached hydrogen (secondary N) is 1. The molecule has 0 aromatic carbocycles. The van der Waals surface area contributed by atoms with E-state index in [0.717, 1.165) is 51.6 Å². The number of aromatic nitrogens is 2. The summed E-state index contributed by atoms with van der Waals surface area (Å²) in [5, 5.41) is 19.3. The predicted octanol–water partition coefficient (Wildman–Crippen LogP) is 1.92. The maximum Gasteiger partial charge on any atom is 0.288 e. The molecule has 4 saturated carbocycles. The van der Waals surface area contributed by atoms with Gasteiger partial charge in [-0.2, -0.15) is 5.10 Å². The molecule has 2 unspecified atom stereocenters. The first kappa shape index (κ1) is 19.4. The number of carboxylic acid groups (broad SMARTS) is 1. The van der Waals surface area contributed by atoms with Crippen molar-refractivity contribution in [1.82, 2.24) is 9.78 Å². The van der Waals surface area contributed by atoms with Gasteiger partial charge in [0.25, 0.3) is 5.56 Å². The Morgan fingerprint density at radius 1 is 1.34 bits per heavy atom. The minimum Gasteiger partial charge on any atom is -0.550 e. The third kappa shape index (κ3) is 3.36. The Labute approximate surface area is 174 Å². The Bertz CT molecular complexity index is 865. The number of halogens is 1. The Morgan fingerprint density at radius 2 is 2.10 bits per heavy atom. The van der Waals surface area contributed by atoms with Crippen LogP contribution in [0.1, 0.15) is 57.8 Å². The molecule has 0 amide bonds. The zero-order valence-electron chi connectivity index (χ0n) is 16.5. The molecule has 5 fully saturated rings. The van der Waals surface area contributed by atoms with E-state index in [9.17, 15) is 14.7 Å². The lowest BCUT2D eigenvalue weighted by atomic mass is 9.46. The van der Waals surface area contributed by atoms with E-state index in [1.165, 1.54) is 0 Å². The summed E-state index contributed by atoms with van der Waals surface area (Å²) < 4.78 is 7.19. The molecule has 8 heteroatoms. The highest BCUT2D eigenvalue weighted by Gasteiger charge is 2.59. The molecular weight excluding hydrogens is 394 g/mol. The monoisotopic (exact) mass is 420 g/mol. The highest BCUT2D eigenvalue weighted by molar-refractivity contribution is 6.32. The molecule has 1 aromatic rings. The van der Waals surface area contributed by atoms with Crippen molar-refractivity contribution in [2.24, 2.45) is 17.3 Å². The van der Waals surface area contributed by atoms with E-state index < -0.39 is 11.5 Å². The molecule has 158 valence electrons. The Morgan fingerprint density at radius 3 is 2.76 bits per heavy atom. The van der Waals surface area contributed by atoms with E-state index in [2.05, 4.69) is 10.4 Å². The van der Waals surface area contributed by atoms with Crippen molar-refractivity contribution in [3.05, 3.63) is 21.6 Å². The van der Waals surface area contributed by atoms with Gasteiger partial charge < -0.3 is 20.0 Å². The van der Waals surface area contributed by atoms with Gasteiger partial charge in [-0.25, -0.2) is 4.68 Å². The number of rotatable bonds is 6. The second-order valence-corrected chi connectivity index (χ2v) is 10.2. The van der Waals surface area contributed by atoms with Crippen LogP contribution in [-0.4, -0.2) is 35.0 Å². The lowest BCUT2D eigenvalue weighted by Gasteiger charge is -2.62. The van der Waals surface area contributed by atoms with E-state index in [1.807, 2.05) is 0 Å². The van der Waals surface area contributed by atoms with Gasteiger partial charge in [-0.15, -0.1) is 0 Å². The zero-order valence-corrected chi connectivity index (χ0v) is 17.2. The third-order valence-electron chi connectivity index (χ3n) is 7.58. The number of anilines is 1. The van der Waals surface area contributed by atoms with Crippen LogP contribution in [0.4, 0.5) is 5.69 Å². The van der Waals surface area contributed by atoms with Gasteiger partial charge in [-0.05, 0) is 75.0 Å². The van der Waals surface area contributed by atoms with Crippen LogP contribution < -0.4 is 16.0 Å². The molecule has 2 heterocycles. The zero-order chi connectivity index (χ0) is 20.2. The molecule has 1 aromatic heterocycles. The highest BCUT2D eigenvalue weighted by atomic mass is 35.5. The van der Waals surface area contributed by atoms with Crippen molar-refractivity contribution in [3.63, 3.8) is 0 Å². The van der Waals surface area contributed by atoms with Crippen LogP contribution in [0.15, 0.2) is 11.0 Å². The number of hydrogen-bond donors (Lipinski definition) is 1. The Kier molecular flexibility index (Phi) is 4.66. The van der Waals surface area contributed by atoms with Crippen molar-refractivity contribution >= 4 is 23.3 Å². The molecule has 4 aliphatic carbocycles. The summed E-state index contributed by atoms with van der Waals surface area (Å²) >= 11 is 6.46. The number of carbonyl (C=O) groups excluding carboxylic acids is 1. The fraction of sp³-hybridized carbons (Fsp3) is 0.762. The van der Waals surface area contributed by atoms with E-state index in [0.29, 0.717) is 30.5 Å². The second-order valence-electron chi connectivity index (χ2n) is 9.84. The van der Waals surface area contributed by atoms with E-state index in [1.54, 1.807) is 10.9 Å². The number of carbonyl (C=O) groups is 1. The van der Waals surface area contributed by atoms with Crippen molar-refractivity contribution in [2.75, 3.05) is 18.5 Å². The highest BCUT2D eigenvalue weighted by Crippen LogP contribution is 2.64. The van der Waals surface area contributed by atoms with Crippen molar-refractivity contribution in [3.8, 4) is 0 Å². The summed E-state index contributed by atoms with van der Waals surface area (Å²) in [6.45, 7) is 1.38. The van der Waals surface area contributed by atoms with Crippen LogP contribution in [-0.2, 0) is 15.1 Å². The number of hydrogen-bond acceptors (Lipinski definition) is 6. The van der Waals surface area contributed by atoms with Gasteiger partial charge in [0.1, 0.15) is 5.02 Å². The molecule has 1 N–H and O–H groups in total. The quantitative estimate of drug-likeness (QED) is 0.755. The molecule has 4 bridgehead atoms. The molecule has 1 saturated heterocycles. The van der Waals surface area contributed by atoms with E-state index in [4.69, 9.17) is 16.3 Å². The largest absolute Gasteiger partial charge is 0.550 e. The SMILES string of the molecule is O=C([O-])CC12C[C@H]3C[C@@H](C1)CC(n1ncc(NC[C@@H]4CCCO4)c(Cl)c1=O)(C3)C2. The third-order valence-corrected chi connectivity index (χ3v) is 7.95. The first-order valence-corrected chi connectivity index (χ1v) is 11.1. The Balaban J connectivity index is 1.43. The maximum absolute atomic E-state index is 13.2. The fourth-order valence-electron chi connectivity index (χ4n) is 7.09. The van der Waals surface area contributed by atoms with E-state index in [-0.39, 0.29) is 28.5 Å². The molecule has 0 spiro atoms. The summed E-state index contributed by atoms with van der Waals surface area (Å²) in [5.74, 6) is -0.102. The van der Waals surface area contributed by atoms with Crippen LogP contribution in [0, 0.1) is 17.3 Å². The summed E-state index contributed by atoms with van der Waals surface area (Å²) in [7, 11) is 0. The second kappa shape index (κ2) is 6.98. The smallest absolute Gasteiger partial charge is 0.288 e. The normalized spacial score (nSPS) is 37.8. The fourth-order valence-corrected chi connectivity index (χ4v) is 7.28. The molecule has 1 aliphatic heterocycles. The van der Waals surface area contributed by atoms with Crippen LogP contribution in [0.5, 0.6) is 0 Å². The van der Waals surface area contributed by atoms with E-state index >= 15 is 0 Å². The maximum atomic E-state index is 13.2. The number of nitrogens with zero attached hydrogens (tertiary/aromatic N) is 2. The van der Waals surface area contributed by atoms with Crippen LogP contribution in [0.2, 0.25) is 5.02 Å². The van der Waals surface area contributed by atoms with Crippen molar-refractivity contribution in [2.45, 2.75) is 69.4 Å². The topological polar surface area (TPSA) is 96.3 Å². The lowest BCUT2D eigenvalue weighted by molar-refractivity contribution is -0.310. The van der Waals surface area contributed by atoms with Gasteiger partial charge in [-0.3, -0.25) is 4.79 Å². The number of carboxylic acids is 1. The average Bonchev–Trinajstić information content (AvgIpc) is 3.14. The molecule has 29 heavy (non-hydrogen) atoms. The van der Waals surface area contributed by atoms with Gasteiger partial charge in [0.05, 0.1) is 23.5 Å². The summed E-state index contributed by atoms with van der Waals surface area (Å²) in [5.41, 5.74) is -0.437. The molecule has 5 atom stereocenters. The molecular formula is C21H27ClN3O4-. The number of aliphatic carboxylic acids is 1. The van der Waals surface area contributed by atoms with Crippen LogP contribution >= 0.6 is 11.6 Å². The molecule has 5 aliphatic rings. The minimum absolute atomic E-state index is 0.0747. The predicted molar refractivity (Wildman–Crippen MR) is 106 cm³/mol. The standard InChI is InChI=1S/C21H28ClN3O4/c22-18-16(23-10-15-2-1-3-29-15)11-24-25(19(18)28)21-7-13-4-14(8-21)6-20(5-13,12-21)9-17(26)27/h11,13-15,23H,1-10,12H2,(H,26,27)/p-1/t13-,14+,15-,20?,21?/m0/s1.